The number of nitrogens with zero attached hydrogens (tertiary/aromatic N) is 2. The topological polar surface area (TPSA) is 97.7 Å². The third-order valence-electron chi connectivity index (χ3n) is 6.48. The Hall–Kier alpha value is -2.39. The van der Waals surface area contributed by atoms with Gasteiger partial charge in [-0.15, -0.1) is 0 Å². The van der Waals surface area contributed by atoms with Crippen LogP contribution >= 0.6 is 0 Å². The first kappa shape index (κ1) is 23.3. The van der Waals surface area contributed by atoms with E-state index >= 15 is 0 Å². The van der Waals surface area contributed by atoms with Crippen LogP contribution in [0.2, 0.25) is 18.1 Å². The summed E-state index contributed by atoms with van der Waals surface area (Å²) in [6.07, 6.45) is 0.140. The molecule has 1 aromatic rings. The van der Waals surface area contributed by atoms with E-state index < -0.39 is 26.0 Å². The Labute approximate surface area is 184 Å². The van der Waals surface area contributed by atoms with Crippen molar-refractivity contribution < 1.29 is 28.7 Å². The Morgan fingerprint density at radius 2 is 1.97 bits per heavy atom. The van der Waals surface area contributed by atoms with E-state index in [0.29, 0.717) is 13.0 Å². The van der Waals surface area contributed by atoms with Gasteiger partial charge in [-0.1, -0.05) is 56.3 Å². The highest BCUT2D eigenvalue weighted by molar-refractivity contribution is 6.74. The number of carboxylic acid groups (broad SMARTS) is 1. The van der Waals surface area contributed by atoms with E-state index in [0.717, 1.165) is 5.56 Å². The number of oxime groups is 1. The number of carbonyl (C=O) groups excluding carboxylic acids is 1. The smallest absolute Gasteiger partial charge is 0.410 e. The van der Waals surface area contributed by atoms with Crippen molar-refractivity contribution in [2.45, 2.75) is 70.0 Å². The molecule has 9 heteroatoms. The molecule has 1 amide bonds. The lowest BCUT2D eigenvalue weighted by molar-refractivity contribution is -0.129. The number of benzene rings is 1. The van der Waals surface area contributed by atoms with E-state index in [9.17, 15) is 14.7 Å². The number of ether oxygens (including phenoxy) is 1. The Bertz CT molecular complexity index is 851. The highest BCUT2D eigenvalue weighted by Gasteiger charge is 2.53. The Morgan fingerprint density at radius 3 is 2.55 bits per heavy atom. The van der Waals surface area contributed by atoms with Gasteiger partial charge in [-0.05, 0) is 23.7 Å². The zero-order chi connectivity index (χ0) is 22.9. The van der Waals surface area contributed by atoms with Crippen LogP contribution < -0.4 is 0 Å². The van der Waals surface area contributed by atoms with E-state index in [-0.39, 0.29) is 36.4 Å². The molecule has 0 aliphatic carbocycles. The number of rotatable bonds is 6. The first-order valence-electron chi connectivity index (χ1n) is 10.5. The average molecular weight is 449 g/mol. The fourth-order valence-corrected chi connectivity index (χ4v) is 4.60. The Kier molecular flexibility index (Phi) is 6.47. The predicted octanol–water partition coefficient (Wildman–Crippen LogP) is 4.02. The van der Waals surface area contributed by atoms with Gasteiger partial charge in [0.15, 0.2) is 19.6 Å². The van der Waals surface area contributed by atoms with Crippen LogP contribution in [-0.2, 0) is 25.4 Å². The summed E-state index contributed by atoms with van der Waals surface area (Å²) in [6.45, 7) is 11.5. The van der Waals surface area contributed by atoms with Crippen LogP contribution in [0.25, 0.3) is 0 Å². The third kappa shape index (κ3) is 5.27. The molecule has 2 aliphatic rings. The van der Waals surface area contributed by atoms with E-state index in [1.807, 2.05) is 30.3 Å². The number of carboxylic acids is 1. The van der Waals surface area contributed by atoms with Gasteiger partial charge in [0.1, 0.15) is 6.61 Å². The lowest BCUT2D eigenvalue weighted by Gasteiger charge is -2.37. The molecule has 0 saturated carbocycles. The number of hydrogen-bond donors (Lipinski definition) is 1. The number of carbonyl (C=O) groups is 2. The number of hydrogen-bond acceptors (Lipinski definition) is 6. The second kappa shape index (κ2) is 8.62. The fraction of sp³-hybridized carbons (Fsp3) is 0.591. The number of aliphatic carboxylic acids is 1. The van der Waals surface area contributed by atoms with Crippen molar-refractivity contribution in [2.24, 2.45) is 5.16 Å². The summed E-state index contributed by atoms with van der Waals surface area (Å²) in [5.74, 6) is -1.10. The molecule has 1 saturated heterocycles. The normalized spacial score (nSPS) is 23.6. The lowest BCUT2D eigenvalue weighted by atomic mass is 9.94. The van der Waals surface area contributed by atoms with Crippen molar-refractivity contribution in [1.82, 2.24) is 4.90 Å². The van der Waals surface area contributed by atoms with E-state index in [4.69, 9.17) is 14.0 Å². The molecule has 2 aliphatic heterocycles. The summed E-state index contributed by atoms with van der Waals surface area (Å²) in [4.78, 5) is 31.5. The maximum absolute atomic E-state index is 13.0. The monoisotopic (exact) mass is 448 g/mol. The summed E-state index contributed by atoms with van der Waals surface area (Å²) < 4.78 is 11.9. The minimum Gasteiger partial charge on any atom is -0.477 e. The highest BCUT2D eigenvalue weighted by atomic mass is 28.4. The molecule has 2 atom stereocenters. The van der Waals surface area contributed by atoms with Gasteiger partial charge in [-0.3, -0.25) is 4.90 Å². The molecule has 170 valence electrons. The SMILES string of the molecule is CC(C)(C)[Si](C)(C)OCC1CC2(CC(C(=O)O)=NO2)CN1C(=O)OCc1ccccc1. The lowest BCUT2D eigenvalue weighted by Crippen LogP contribution is -2.46. The molecule has 0 aromatic heterocycles. The molecule has 1 fully saturated rings. The zero-order valence-electron chi connectivity index (χ0n) is 18.9. The van der Waals surface area contributed by atoms with Crippen molar-refractivity contribution in [3.63, 3.8) is 0 Å². The summed E-state index contributed by atoms with van der Waals surface area (Å²) in [6, 6.07) is 9.19. The van der Waals surface area contributed by atoms with Crippen LogP contribution in [0, 0.1) is 0 Å². The highest BCUT2D eigenvalue weighted by Crippen LogP contribution is 2.40. The van der Waals surface area contributed by atoms with Crippen molar-refractivity contribution in [3.8, 4) is 0 Å². The standard InChI is InChI=1S/C22H32N2O6Si/c1-21(2,3)31(4,5)29-14-17-11-22(12-18(19(25)26)23-30-22)15-24(17)20(27)28-13-16-9-7-6-8-10-16/h6-10,17H,11-15H2,1-5H3,(H,25,26). The van der Waals surface area contributed by atoms with Crippen molar-refractivity contribution in [1.29, 1.82) is 0 Å². The number of likely N-dealkylation sites (tertiary alicyclic amines) is 1. The molecule has 1 spiro atoms. The molecule has 1 aromatic carbocycles. The minimum absolute atomic E-state index is 0.0245. The Morgan fingerprint density at radius 1 is 1.29 bits per heavy atom. The molecule has 2 heterocycles. The third-order valence-corrected chi connectivity index (χ3v) is 11.0. The van der Waals surface area contributed by atoms with Gasteiger partial charge in [0.25, 0.3) is 0 Å². The van der Waals surface area contributed by atoms with Gasteiger partial charge in [0, 0.05) is 12.8 Å². The molecule has 8 nitrogen and oxygen atoms in total. The van der Waals surface area contributed by atoms with Crippen LogP contribution in [0.15, 0.2) is 35.5 Å². The van der Waals surface area contributed by atoms with E-state index in [2.05, 4.69) is 39.0 Å². The molecular formula is C22H32N2O6Si. The Balaban J connectivity index is 1.71. The predicted molar refractivity (Wildman–Crippen MR) is 118 cm³/mol. The number of amides is 1. The molecular weight excluding hydrogens is 416 g/mol. The first-order valence-corrected chi connectivity index (χ1v) is 13.4. The van der Waals surface area contributed by atoms with Crippen LogP contribution in [0.4, 0.5) is 4.79 Å². The van der Waals surface area contributed by atoms with Crippen LogP contribution in [-0.4, -0.2) is 60.9 Å². The van der Waals surface area contributed by atoms with Gasteiger partial charge in [0.2, 0.25) is 0 Å². The molecule has 2 unspecified atom stereocenters. The van der Waals surface area contributed by atoms with Crippen molar-refractivity contribution >= 4 is 26.1 Å². The van der Waals surface area contributed by atoms with Crippen molar-refractivity contribution in [3.05, 3.63) is 35.9 Å². The molecule has 31 heavy (non-hydrogen) atoms. The fourth-order valence-electron chi connectivity index (χ4n) is 3.56. The second-order valence-electron chi connectivity index (χ2n) is 9.89. The average Bonchev–Trinajstić information content (AvgIpc) is 3.28. The van der Waals surface area contributed by atoms with Gasteiger partial charge >= 0.3 is 12.1 Å². The minimum atomic E-state index is -2.03. The van der Waals surface area contributed by atoms with Gasteiger partial charge in [-0.2, -0.15) is 0 Å². The van der Waals surface area contributed by atoms with Crippen LogP contribution in [0.3, 0.4) is 0 Å². The molecule has 0 bridgehead atoms. The molecule has 1 N–H and O–H groups in total. The summed E-state index contributed by atoms with van der Waals surface area (Å²) in [5.41, 5.74) is 0.0250. The van der Waals surface area contributed by atoms with E-state index in [1.165, 1.54) is 0 Å². The molecule has 0 radical (unpaired) electrons. The quantitative estimate of drug-likeness (QED) is 0.660. The second-order valence-corrected chi connectivity index (χ2v) is 14.7. The van der Waals surface area contributed by atoms with Crippen molar-refractivity contribution in [2.75, 3.05) is 13.2 Å². The van der Waals surface area contributed by atoms with E-state index in [1.54, 1.807) is 4.90 Å². The first-order chi connectivity index (χ1) is 14.4. The summed E-state index contributed by atoms with van der Waals surface area (Å²) in [7, 11) is -2.03. The largest absolute Gasteiger partial charge is 0.477 e. The summed E-state index contributed by atoms with van der Waals surface area (Å²) >= 11 is 0. The van der Waals surface area contributed by atoms with Gasteiger partial charge in [0.05, 0.1) is 19.2 Å². The zero-order valence-corrected chi connectivity index (χ0v) is 19.9. The van der Waals surface area contributed by atoms with Crippen LogP contribution in [0.5, 0.6) is 0 Å². The van der Waals surface area contributed by atoms with Crippen LogP contribution in [0.1, 0.15) is 39.2 Å². The maximum atomic E-state index is 13.0. The van der Waals surface area contributed by atoms with Gasteiger partial charge in [-0.25, -0.2) is 9.59 Å². The van der Waals surface area contributed by atoms with Gasteiger partial charge < -0.3 is 19.1 Å². The molecule has 3 rings (SSSR count). The summed E-state index contributed by atoms with van der Waals surface area (Å²) in [5, 5.41) is 13.1. The maximum Gasteiger partial charge on any atom is 0.410 e.